The fourth-order valence-electron chi connectivity index (χ4n) is 4.41. The molecule has 2 aliphatic heterocycles. The van der Waals surface area contributed by atoms with Crippen LogP contribution in [0, 0.1) is 16.0 Å². The molecule has 2 heterocycles. The summed E-state index contributed by atoms with van der Waals surface area (Å²) >= 11 is 0. The fourth-order valence-corrected chi connectivity index (χ4v) is 4.41. The Hall–Kier alpha value is -4.44. The molecule has 2 fully saturated rings. The number of carbonyl (C=O) groups is 2. The molecule has 1 N–H and O–H groups in total. The smallest absolute Gasteiger partial charge is 0.269 e. The Morgan fingerprint density at radius 3 is 2.32 bits per heavy atom. The molecule has 10 nitrogen and oxygen atoms in total. The van der Waals surface area contributed by atoms with Gasteiger partial charge in [0.2, 0.25) is 5.91 Å². The van der Waals surface area contributed by atoms with Crippen LogP contribution in [0.15, 0.2) is 72.8 Å². The summed E-state index contributed by atoms with van der Waals surface area (Å²) in [4.78, 5) is 44.4. The average Bonchev–Trinajstić information content (AvgIpc) is 3.36. The number of nitro groups is 1. The first-order valence-electron chi connectivity index (χ1n) is 10.4. The molecular weight excluding hydrogens is 442 g/mol. The van der Waals surface area contributed by atoms with Crippen LogP contribution in [0.5, 0.6) is 11.5 Å². The second kappa shape index (κ2) is 8.16. The Kier molecular flexibility index (Phi) is 5.14. The van der Waals surface area contributed by atoms with E-state index in [1.807, 2.05) is 18.2 Å². The first kappa shape index (κ1) is 21.4. The zero-order valence-electron chi connectivity index (χ0n) is 17.9. The number of non-ortho nitro benzene ring substituents is 1. The van der Waals surface area contributed by atoms with Crippen molar-refractivity contribution in [2.45, 2.75) is 12.1 Å². The topological polar surface area (TPSA) is 122 Å². The van der Waals surface area contributed by atoms with E-state index in [0.29, 0.717) is 11.3 Å². The molecule has 0 unspecified atom stereocenters. The van der Waals surface area contributed by atoms with Gasteiger partial charge in [-0.3, -0.25) is 24.5 Å². The van der Waals surface area contributed by atoms with Crippen molar-refractivity contribution in [2.75, 3.05) is 17.1 Å². The molecule has 0 spiro atoms. The Balaban J connectivity index is 1.57. The monoisotopic (exact) mass is 461 g/mol. The standard InChI is InChI=1S/C24H19N3O7/c1-33-19-13-14(7-12-18(19)28)21-20-22(34-26(21)16-5-3-2-4-6-16)24(30)25(23(20)29)15-8-10-17(11-9-15)27(31)32/h2-13,20-22,28H,1H3/t20-,21-,22-/m1/s1. The van der Waals surface area contributed by atoms with Crippen molar-refractivity contribution in [3.8, 4) is 11.5 Å². The van der Waals surface area contributed by atoms with E-state index < -0.39 is 34.8 Å². The molecule has 10 heteroatoms. The van der Waals surface area contributed by atoms with Gasteiger partial charge in [-0.1, -0.05) is 24.3 Å². The number of imide groups is 1. The number of ether oxygens (including phenoxy) is 1. The molecule has 5 rings (SSSR count). The maximum absolute atomic E-state index is 13.6. The lowest BCUT2D eigenvalue weighted by atomic mass is 9.90. The van der Waals surface area contributed by atoms with Crippen molar-refractivity contribution < 1.29 is 29.2 Å². The van der Waals surface area contributed by atoms with E-state index >= 15 is 0 Å². The van der Waals surface area contributed by atoms with Crippen LogP contribution in [0.2, 0.25) is 0 Å². The van der Waals surface area contributed by atoms with Gasteiger partial charge in [0.15, 0.2) is 17.6 Å². The highest BCUT2D eigenvalue weighted by Gasteiger charge is 2.60. The minimum absolute atomic E-state index is 0.0608. The zero-order valence-corrected chi connectivity index (χ0v) is 17.9. The maximum atomic E-state index is 13.6. The highest BCUT2D eigenvalue weighted by molar-refractivity contribution is 6.24. The molecule has 3 atom stereocenters. The molecule has 2 amide bonds. The number of hydrogen-bond acceptors (Lipinski definition) is 8. The van der Waals surface area contributed by atoms with Crippen molar-refractivity contribution in [3.05, 3.63) is 88.5 Å². The molecule has 3 aromatic carbocycles. The molecule has 34 heavy (non-hydrogen) atoms. The third-order valence-corrected chi connectivity index (χ3v) is 5.99. The minimum Gasteiger partial charge on any atom is -0.504 e. The lowest BCUT2D eigenvalue weighted by Crippen LogP contribution is -2.37. The summed E-state index contributed by atoms with van der Waals surface area (Å²) in [6.07, 6.45) is -1.09. The number of hydroxylamine groups is 1. The number of hydrogen-bond donors (Lipinski definition) is 1. The molecule has 0 aromatic heterocycles. The third kappa shape index (κ3) is 3.32. The molecule has 0 aliphatic carbocycles. The number of phenols is 1. The van der Waals surface area contributed by atoms with Gasteiger partial charge in [0.1, 0.15) is 5.92 Å². The number of nitro benzene ring substituents is 1. The molecule has 3 aromatic rings. The lowest BCUT2D eigenvalue weighted by Gasteiger charge is -2.29. The van der Waals surface area contributed by atoms with Gasteiger partial charge in [-0.05, 0) is 42.0 Å². The normalized spacial score (nSPS) is 21.6. The molecule has 2 saturated heterocycles. The second-order valence-electron chi connectivity index (χ2n) is 7.87. The summed E-state index contributed by atoms with van der Waals surface area (Å²) in [5.41, 5.74) is 1.34. The van der Waals surface area contributed by atoms with Crippen LogP contribution in [-0.2, 0) is 14.4 Å². The third-order valence-electron chi connectivity index (χ3n) is 5.99. The van der Waals surface area contributed by atoms with E-state index in [-0.39, 0.29) is 22.9 Å². The first-order valence-corrected chi connectivity index (χ1v) is 10.4. The number of anilines is 2. The van der Waals surface area contributed by atoms with Gasteiger partial charge >= 0.3 is 0 Å². The Morgan fingerprint density at radius 2 is 1.68 bits per heavy atom. The van der Waals surface area contributed by atoms with Gasteiger partial charge in [-0.2, -0.15) is 0 Å². The number of carbonyl (C=O) groups excluding carboxylic acids is 2. The first-order chi connectivity index (χ1) is 16.4. The number of amides is 2. The highest BCUT2D eigenvalue weighted by Crippen LogP contribution is 2.48. The Labute approximate surface area is 193 Å². The van der Waals surface area contributed by atoms with E-state index in [4.69, 9.17) is 9.57 Å². The number of aromatic hydroxyl groups is 1. The number of methoxy groups -OCH3 is 1. The summed E-state index contributed by atoms with van der Waals surface area (Å²) in [5.74, 6) is -1.78. The van der Waals surface area contributed by atoms with Crippen molar-refractivity contribution >= 4 is 28.9 Å². The van der Waals surface area contributed by atoms with E-state index in [1.54, 1.807) is 24.3 Å². The lowest BCUT2D eigenvalue weighted by molar-refractivity contribution is -0.384. The largest absolute Gasteiger partial charge is 0.504 e. The van der Waals surface area contributed by atoms with Gasteiger partial charge in [0.25, 0.3) is 11.6 Å². The van der Waals surface area contributed by atoms with Crippen LogP contribution in [0.4, 0.5) is 17.1 Å². The summed E-state index contributed by atoms with van der Waals surface area (Å²) < 4.78 is 5.24. The fraction of sp³-hybridized carbons (Fsp3) is 0.167. The van der Waals surface area contributed by atoms with Gasteiger partial charge in [0, 0.05) is 12.1 Å². The van der Waals surface area contributed by atoms with Crippen LogP contribution >= 0.6 is 0 Å². The number of benzene rings is 3. The predicted molar refractivity (Wildman–Crippen MR) is 120 cm³/mol. The van der Waals surface area contributed by atoms with Crippen molar-refractivity contribution in [1.82, 2.24) is 0 Å². The number of rotatable bonds is 5. The Morgan fingerprint density at radius 1 is 0.971 bits per heavy atom. The molecule has 0 radical (unpaired) electrons. The summed E-state index contributed by atoms with van der Waals surface area (Å²) in [6.45, 7) is 0. The minimum atomic E-state index is -1.09. The van der Waals surface area contributed by atoms with Crippen molar-refractivity contribution in [3.63, 3.8) is 0 Å². The van der Waals surface area contributed by atoms with Gasteiger partial charge in [0.05, 0.1) is 29.4 Å². The Bertz CT molecular complexity index is 1280. The van der Waals surface area contributed by atoms with E-state index in [1.165, 1.54) is 42.5 Å². The number of phenolic OH excluding ortho intramolecular Hbond substituents is 1. The quantitative estimate of drug-likeness (QED) is 0.349. The summed E-state index contributed by atoms with van der Waals surface area (Å²) in [6, 6.07) is 18.3. The highest BCUT2D eigenvalue weighted by atomic mass is 16.7. The molecule has 2 aliphatic rings. The molecule has 172 valence electrons. The average molecular weight is 461 g/mol. The van der Waals surface area contributed by atoms with Crippen LogP contribution in [-0.4, -0.2) is 35.1 Å². The van der Waals surface area contributed by atoms with Crippen LogP contribution < -0.4 is 14.7 Å². The van der Waals surface area contributed by atoms with Crippen molar-refractivity contribution in [1.29, 1.82) is 0 Å². The van der Waals surface area contributed by atoms with Gasteiger partial charge in [-0.15, -0.1) is 0 Å². The van der Waals surface area contributed by atoms with E-state index in [0.717, 1.165) is 4.90 Å². The predicted octanol–water partition coefficient (Wildman–Crippen LogP) is 3.36. The van der Waals surface area contributed by atoms with Crippen molar-refractivity contribution in [2.24, 2.45) is 5.92 Å². The molecule has 0 saturated carbocycles. The number of fused-ring (bicyclic) bond motifs is 1. The summed E-state index contributed by atoms with van der Waals surface area (Å²) in [5, 5.41) is 22.6. The van der Waals surface area contributed by atoms with Crippen LogP contribution in [0.25, 0.3) is 0 Å². The van der Waals surface area contributed by atoms with Crippen LogP contribution in [0.3, 0.4) is 0 Å². The number of nitrogens with zero attached hydrogens (tertiary/aromatic N) is 3. The summed E-state index contributed by atoms with van der Waals surface area (Å²) in [7, 11) is 1.42. The molecular formula is C24H19N3O7. The van der Waals surface area contributed by atoms with E-state index in [9.17, 15) is 24.8 Å². The number of para-hydroxylation sites is 1. The SMILES string of the molecule is COc1cc([C@@H]2[C@H]3C(=O)N(c4ccc([N+](=O)[O-])cc4)C(=O)[C@@H]3ON2c2ccccc2)ccc1O. The maximum Gasteiger partial charge on any atom is 0.269 e. The van der Waals surface area contributed by atoms with Gasteiger partial charge < -0.3 is 9.84 Å². The second-order valence-corrected chi connectivity index (χ2v) is 7.87. The van der Waals surface area contributed by atoms with Gasteiger partial charge in [-0.25, -0.2) is 9.96 Å². The van der Waals surface area contributed by atoms with E-state index in [2.05, 4.69) is 0 Å². The molecule has 0 bridgehead atoms. The van der Waals surface area contributed by atoms with Crippen LogP contribution in [0.1, 0.15) is 11.6 Å². The zero-order chi connectivity index (χ0) is 24.0.